The third-order valence-corrected chi connectivity index (χ3v) is 3.90. The van der Waals surface area contributed by atoms with Crippen LogP contribution in [0, 0.1) is 0 Å². The molecule has 0 bridgehead atoms. The molecule has 2 amide bonds. The van der Waals surface area contributed by atoms with E-state index in [1.807, 2.05) is 36.1 Å². The van der Waals surface area contributed by atoms with Gasteiger partial charge in [0.15, 0.2) is 0 Å². The molecule has 1 aliphatic rings. The molecule has 0 aliphatic carbocycles. The van der Waals surface area contributed by atoms with Crippen molar-refractivity contribution in [2.45, 2.75) is 6.92 Å². The van der Waals surface area contributed by atoms with Crippen LogP contribution in [0.25, 0.3) is 0 Å². The van der Waals surface area contributed by atoms with Crippen molar-refractivity contribution in [3.63, 3.8) is 0 Å². The number of carbonyl (C=O) groups is 1. The molecule has 2 rings (SSSR count). The molecule has 1 aliphatic heterocycles. The van der Waals surface area contributed by atoms with Gasteiger partial charge in [0.2, 0.25) is 0 Å². The summed E-state index contributed by atoms with van der Waals surface area (Å²) in [6, 6.07) is 7.35. The molecule has 1 aromatic rings. The molecule has 1 saturated heterocycles. The van der Waals surface area contributed by atoms with Crippen LogP contribution in [0.5, 0.6) is 5.75 Å². The van der Waals surface area contributed by atoms with E-state index in [1.165, 1.54) is 0 Å². The molecule has 1 aromatic carbocycles. The summed E-state index contributed by atoms with van der Waals surface area (Å²) < 4.78 is 11.0. The third-order valence-electron chi connectivity index (χ3n) is 3.90. The fourth-order valence-electron chi connectivity index (χ4n) is 2.55. The normalized spacial score (nSPS) is 15.1. The maximum Gasteiger partial charge on any atom is 0.322 e. The van der Waals surface area contributed by atoms with Crippen molar-refractivity contribution in [2.75, 3.05) is 57.9 Å². The maximum atomic E-state index is 12.5. The van der Waals surface area contributed by atoms with Gasteiger partial charge in [-0.25, -0.2) is 4.79 Å². The summed E-state index contributed by atoms with van der Waals surface area (Å²) in [5.74, 6) is 0.654. The van der Waals surface area contributed by atoms with E-state index in [1.54, 1.807) is 6.08 Å². The van der Waals surface area contributed by atoms with E-state index in [4.69, 9.17) is 9.47 Å². The van der Waals surface area contributed by atoms with Crippen LogP contribution in [0.4, 0.5) is 10.5 Å². The predicted octanol–water partition coefficient (Wildman–Crippen LogP) is 2.44. The summed E-state index contributed by atoms with van der Waals surface area (Å²) >= 11 is 0. The van der Waals surface area contributed by atoms with Gasteiger partial charge in [-0.15, -0.1) is 0 Å². The lowest BCUT2D eigenvalue weighted by molar-refractivity contribution is 0.0901. The van der Waals surface area contributed by atoms with Gasteiger partial charge in [0.1, 0.15) is 12.4 Å². The molecule has 1 fully saturated rings. The molecule has 0 spiro atoms. The second-order valence-corrected chi connectivity index (χ2v) is 5.55. The lowest BCUT2D eigenvalue weighted by atomic mass is 10.3. The van der Waals surface area contributed by atoms with E-state index in [2.05, 4.69) is 16.8 Å². The number of para-hydroxylation sites is 2. The largest absolute Gasteiger partial charge is 0.487 e. The topological polar surface area (TPSA) is 54.0 Å². The standard InChI is InChI=1S/C18H27N3O3/c1-3-14-24-17-8-6-5-7-16(17)19-18(22)21-11-9-20(10-12-21)13-15-23-4-2/h3,5-8H,1,4,9-15H2,2H3,(H,19,22). The highest BCUT2D eigenvalue weighted by atomic mass is 16.5. The van der Waals surface area contributed by atoms with E-state index in [-0.39, 0.29) is 6.03 Å². The second kappa shape index (κ2) is 9.95. The number of hydrogen-bond donors (Lipinski definition) is 1. The van der Waals surface area contributed by atoms with E-state index in [0.717, 1.165) is 32.8 Å². The van der Waals surface area contributed by atoms with Gasteiger partial charge in [-0.1, -0.05) is 24.8 Å². The number of hydrogen-bond acceptors (Lipinski definition) is 4. The fraction of sp³-hybridized carbons (Fsp3) is 0.500. The molecule has 1 N–H and O–H groups in total. The van der Waals surface area contributed by atoms with Crippen molar-refractivity contribution >= 4 is 11.7 Å². The summed E-state index contributed by atoms with van der Waals surface area (Å²) in [5.41, 5.74) is 0.683. The van der Waals surface area contributed by atoms with Crippen LogP contribution in [0.15, 0.2) is 36.9 Å². The fourth-order valence-corrected chi connectivity index (χ4v) is 2.55. The van der Waals surface area contributed by atoms with Crippen molar-refractivity contribution in [3.05, 3.63) is 36.9 Å². The summed E-state index contributed by atoms with van der Waals surface area (Å²) in [6.07, 6.45) is 1.68. The number of carbonyl (C=O) groups excluding carboxylic acids is 1. The van der Waals surface area contributed by atoms with E-state index in [0.29, 0.717) is 31.1 Å². The quantitative estimate of drug-likeness (QED) is 0.586. The van der Waals surface area contributed by atoms with Crippen molar-refractivity contribution in [2.24, 2.45) is 0 Å². The lowest BCUT2D eigenvalue weighted by Gasteiger charge is -2.34. The number of piperazine rings is 1. The molecule has 0 aromatic heterocycles. The minimum Gasteiger partial charge on any atom is -0.487 e. The SMILES string of the molecule is C=CCOc1ccccc1NC(=O)N1CCN(CCOCC)CC1. The first-order chi connectivity index (χ1) is 11.7. The van der Waals surface area contributed by atoms with Crippen LogP contribution in [0.3, 0.4) is 0 Å². The van der Waals surface area contributed by atoms with Crippen molar-refractivity contribution < 1.29 is 14.3 Å². The van der Waals surface area contributed by atoms with E-state index >= 15 is 0 Å². The van der Waals surface area contributed by atoms with Gasteiger partial charge in [-0.2, -0.15) is 0 Å². The summed E-state index contributed by atoms with van der Waals surface area (Å²) in [5, 5.41) is 2.94. The van der Waals surface area contributed by atoms with E-state index < -0.39 is 0 Å². The summed E-state index contributed by atoms with van der Waals surface area (Å²) in [7, 11) is 0. The Morgan fingerprint density at radius 1 is 1.29 bits per heavy atom. The van der Waals surface area contributed by atoms with E-state index in [9.17, 15) is 4.79 Å². The highest BCUT2D eigenvalue weighted by Gasteiger charge is 2.21. The minimum atomic E-state index is -0.0888. The van der Waals surface area contributed by atoms with Gasteiger partial charge in [0.25, 0.3) is 0 Å². The number of nitrogens with one attached hydrogen (secondary N) is 1. The Bertz CT molecular complexity index is 528. The van der Waals surface area contributed by atoms with Crippen molar-refractivity contribution in [1.29, 1.82) is 0 Å². The number of rotatable bonds is 8. The minimum absolute atomic E-state index is 0.0888. The molecule has 1 heterocycles. The first-order valence-corrected chi connectivity index (χ1v) is 8.43. The molecule has 0 unspecified atom stereocenters. The zero-order valence-electron chi connectivity index (χ0n) is 14.4. The molecule has 0 saturated carbocycles. The van der Waals surface area contributed by atoms with Gasteiger partial charge in [-0.3, -0.25) is 4.90 Å². The summed E-state index contributed by atoms with van der Waals surface area (Å²) in [4.78, 5) is 16.6. The number of nitrogens with zero attached hydrogens (tertiary/aromatic N) is 2. The van der Waals surface area contributed by atoms with Crippen LogP contribution in [0.2, 0.25) is 0 Å². The zero-order chi connectivity index (χ0) is 17.2. The van der Waals surface area contributed by atoms with Crippen LogP contribution in [-0.2, 0) is 4.74 Å². The first-order valence-electron chi connectivity index (χ1n) is 8.43. The smallest absolute Gasteiger partial charge is 0.322 e. The maximum absolute atomic E-state index is 12.5. The Balaban J connectivity index is 1.82. The number of benzene rings is 1. The Labute approximate surface area is 144 Å². The lowest BCUT2D eigenvalue weighted by Crippen LogP contribution is -2.50. The van der Waals surface area contributed by atoms with Crippen LogP contribution in [-0.4, -0.2) is 68.4 Å². The van der Waals surface area contributed by atoms with Crippen molar-refractivity contribution in [3.8, 4) is 5.75 Å². The van der Waals surface area contributed by atoms with Gasteiger partial charge in [0.05, 0.1) is 12.3 Å². The average molecular weight is 333 g/mol. The second-order valence-electron chi connectivity index (χ2n) is 5.55. The predicted molar refractivity (Wildman–Crippen MR) is 95.7 cm³/mol. The summed E-state index contributed by atoms with van der Waals surface area (Å²) in [6.45, 7) is 11.6. The van der Waals surface area contributed by atoms with Gasteiger partial charge in [0, 0.05) is 39.3 Å². The Kier molecular flexibility index (Phi) is 7.58. The molecule has 0 atom stereocenters. The number of ether oxygens (including phenoxy) is 2. The van der Waals surface area contributed by atoms with Gasteiger partial charge in [-0.05, 0) is 19.1 Å². The Morgan fingerprint density at radius 3 is 2.75 bits per heavy atom. The number of amides is 2. The molecule has 132 valence electrons. The first kappa shape index (κ1) is 18.3. The Hall–Kier alpha value is -2.05. The van der Waals surface area contributed by atoms with Crippen molar-refractivity contribution in [1.82, 2.24) is 9.80 Å². The number of anilines is 1. The highest BCUT2D eigenvalue weighted by molar-refractivity contribution is 5.91. The molecule has 6 heteroatoms. The molecule has 0 radical (unpaired) electrons. The highest BCUT2D eigenvalue weighted by Crippen LogP contribution is 2.24. The van der Waals surface area contributed by atoms with Gasteiger partial charge < -0.3 is 19.7 Å². The monoisotopic (exact) mass is 333 g/mol. The molecular weight excluding hydrogens is 306 g/mol. The molecule has 6 nitrogen and oxygen atoms in total. The van der Waals surface area contributed by atoms with Crippen LogP contribution < -0.4 is 10.1 Å². The number of urea groups is 1. The van der Waals surface area contributed by atoms with Crippen LogP contribution >= 0.6 is 0 Å². The third kappa shape index (κ3) is 5.54. The van der Waals surface area contributed by atoms with Gasteiger partial charge >= 0.3 is 6.03 Å². The van der Waals surface area contributed by atoms with Crippen LogP contribution in [0.1, 0.15) is 6.92 Å². The Morgan fingerprint density at radius 2 is 2.04 bits per heavy atom. The average Bonchev–Trinajstić information content (AvgIpc) is 2.62. The zero-order valence-corrected chi connectivity index (χ0v) is 14.4. The molecule has 24 heavy (non-hydrogen) atoms. The molecular formula is C18H27N3O3.